The third-order valence-electron chi connectivity index (χ3n) is 3.18. The standard InChI is InChI=1S/C14H14N4O.2ClH/c1-18-13-4-3-9(7-12(13)17-14(18)15)11-8-10(19-2)5-6-16-11;;/h3-8H,1-2H3,(H2,15,17);2*1H. The largest absolute Gasteiger partial charge is 0.497 e. The first kappa shape index (κ1) is 17.1. The minimum Gasteiger partial charge on any atom is -0.497 e. The van der Waals surface area contributed by atoms with E-state index >= 15 is 0 Å². The van der Waals surface area contributed by atoms with Crippen molar-refractivity contribution < 1.29 is 4.74 Å². The highest BCUT2D eigenvalue weighted by Crippen LogP contribution is 2.25. The van der Waals surface area contributed by atoms with Crippen molar-refractivity contribution >= 4 is 41.8 Å². The van der Waals surface area contributed by atoms with Crippen molar-refractivity contribution in [1.82, 2.24) is 14.5 Å². The summed E-state index contributed by atoms with van der Waals surface area (Å²) in [5, 5.41) is 0. The predicted octanol–water partition coefficient (Wildman–Crippen LogP) is 3.07. The Labute approximate surface area is 135 Å². The lowest BCUT2D eigenvalue weighted by Gasteiger charge is -2.04. The average Bonchev–Trinajstić information content (AvgIpc) is 2.73. The molecule has 2 N–H and O–H groups in total. The molecule has 5 nitrogen and oxygen atoms in total. The number of fused-ring (bicyclic) bond motifs is 1. The molecule has 0 aliphatic carbocycles. The number of pyridine rings is 1. The first-order valence-electron chi connectivity index (χ1n) is 5.91. The van der Waals surface area contributed by atoms with Gasteiger partial charge in [0.15, 0.2) is 0 Å². The maximum absolute atomic E-state index is 5.80. The second-order valence-corrected chi connectivity index (χ2v) is 4.31. The molecule has 0 radical (unpaired) electrons. The summed E-state index contributed by atoms with van der Waals surface area (Å²) in [7, 11) is 3.54. The number of hydrogen-bond donors (Lipinski definition) is 1. The lowest BCUT2D eigenvalue weighted by molar-refractivity contribution is 0.414. The van der Waals surface area contributed by atoms with Crippen molar-refractivity contribution in [2.24, 2.45) is 7.05 Å². The Morgan fingerprint density at radius 3 is 2.62 bits per heavy atom. The molecule has 21 heavy (non-hydrogen) atoms. The Morgan fingerprint density at radius 1 is 1.14 bits per heavy atom. The van der Waals surface area contributed by atoms with E-state index in [1.807, 2.05) is 41.9 Å². The lowest BCUT2D eigenvalue weighted by Crippen LogP contribution is -1.95. The number of anilines is 1. The molecule has 0 saturated carbocycles. The van der Waals surface area contributed by atoms with Crippen LogP contribution in [0.3, 0.4) is 0 Å². The summed E-state index contributed by atoms with van der Waals surface area (Å²) in [6.07, 6.45) is 1.73. The van der Waals surface area contributed by atoms with Gasteiger partial charge in [0.2, 0.25) is 5.95 Å². The van der Waals surface area contributed by atoms with E-state index in [9.17, 15) is 0 Å². The van der Waals surface area contributed by atoms with Crippen molar-refractivity contribution in [3.8, 4) is 17.0 Å². The van der Waals surface area contributed by atoms with E-state index in [2.05, 4.69) is 9.97 Å². The molecule has 2 aromatic heterocycles. The molecule has 3 aromatic rings. The van der Waals surface area contributed by atoms with Gasteiger partial charge in [0.05, 0.1) is 23.8 Å². The first-order chi connectivity index (χ1) is 9.19. The van der Waals surface area contributed by atoms with Crippen molar-refractivity contribution in [2.45, 2.75) is 0 Å². The molecule has 0 aliphatic rings. The highest BCUT2D eigenvalue weighted by Gasteiger charge is 2.07. The number of nitrogens with zero attached hydrogens (tertiary/aromatic N) is 3. The molecule has 0 aliphatic heterocycles. The van der Waals surface area contributed by atoms with E-state index < -0.39 is 0 Å². The molecular weight excluding hydrogens is 311 g/mol. The summed E-state index contributed by atoms with van der Waals surface area (Å²) in [5.74, 6) is 1.29. The Hall–Kier alpha value is -1.98. The number of aromatic nitrogens is 3. The van der Waals surface area contributed by atoms with Crippen LogP contribution in [-0.2, 0) is 7.05 Å². The number of halogens is 2. The number of methoxy groups -OCH3 is 1. The molecule has 2 heterocycles. The molecule has 0 fully saturated rings. The van der Waals surface area contributed by atoms with Crippen LogP contribution in [0.2, 0.25) is 0 Å². The Balaban J connectivity index is 0.00000110. The van der Waals surface area contributed by atoms with Gasteiger partial charge < -0.3 is 15.0 Å². The maximum Gasteiger partial charge on any atom is 0.200 e. The van der Waals surface area contributed by atoms with Crippen LogP contribution in [0.15, 0.2) is 36.5 Å². The number of nitrogen functional groups attached to an aromatic ring is 1. The van der Waals surface area contributed by atoms with Crippen molar-refractivity contribution in [2.75, 3.05) is 12.8 Å². The summed E-state index contributed by atoms with van der Waals surface area (Å²) in [6, 6.07) is 9.70. The summed E-state index contributed by atoms with van der Waals surface area (Å²) < 4.78 is 7.07. The van der Waals surface area contributed by atoms with Gasteiger partial charge in [0.25, 0.3) is 0 Å². The predicted molar refractivity (Wildman–Crippen MR) is 89.4 cm³/mol. The molecule has 0 amide bonds. The quantitative estimate of drug-likeness (QED) is 0.785. The SMILES string of the molecule is COc1ccnc(-c2ccc3c(c2)nc(N)n3C)c1.Cl.Cl. The Bertz CT molecular complexity index is 758. The Kier molecular flexibility index (Phi) is 5.41. The molecule has 0 spiro atoms. The van der Waals surface area contributed by atoms with E-state index in [4.69, 9.17) is 10.5 Å². The van der Waals surface area contributed by atoms with E-state index in [1.54, 1.807) is 13.3 Å². The Morgan fingerprint density at radius 2 is 1.90 bits per heavy atom. The second-order valence-electron chi connectivity index (χ2n) is 4.31. The van der Waals surface area contributed by atoms with Crippen LogP contribution in [0, 0.1) is 0 Å². The molecule has 0 saturated heterocycles. The number of hydrogen-bond acceptors (Lipinski definition) is 4. The third-order valence-corrected chi connectivity index (χ3v) is 3.18. The van der Waals surface area contributed by atoms with E-state index in [0.717, 1.165) is 28.0 Å². The zero-order valence-electron chi connectivity index (χ0n) is 11.6. The van der Waals surface area contributed by atoms with Gasteiger partial charge in [0, 0.05) is 24.9 Å². The summed E-state index contributed by atoms with van der Waals surface area (Å²) in [4.78, 5) is 8.67. The molecule has 0 bridgehead atoms. The van der Waals surface area contributed by atoms with E-state index in [1.165, 1.54) is 0 Å². The van der Waals surface area contributed by atoms with Crippen LogP contribution in [0.5, 0.6) is 5.75 Å². The smallest absolute Gasteiger partial charge is 0.200 e. The number of imidazole rings is 1. The minimum atomic E-state index is 0. The topological polar surface area (TPSA) is 66.0 Å². The van der Waals surface area contributed by atoms with Crippen molar-refractivity contribution in [3.05, 3.63) is 36.5 Å². The van der Waals surface area contributed by atoms with Crippen LogP contribution in [0.4, 0.5) is 5.95 Å². The average molecular weight is 327 g/mol. The number of rotatable bonds is 2. The monoisotopic (exact) mass is 326 g/mol. The normalized spacial score (nSPS) is 9.81. The van der Waals surface area contributed by atoms with Gasteiger partial charge in [-0.2, -0.15) is 0 Å². The van der Waals surface area contributed by atoms with E-state index in [0.29, 0.717) is 5.95 Å². The van der Waals surface area contributed by atoms with Gasteiger partial charge in [0.1, 0.15) is 5.75 Å². The van der Waals surface area contributed by atoms with Crippen LogP contribution in [0.1, 0.15) is 0 Å². The maximum atomic E-state index is 5.80. The molecule has 0 unspecified atom stereocenters. The number of nitrogens with two attached hydrogens (primary N) is 1. The molecule has 1 aromatic carbocycles. The molecule has 3 rings (SSSR count). The minimum absolute atomic E-state index is 0. The highest BCUT2D eigenvalue weighted by atomic mass is 35.5. The molecule has 112 valence electrons. The fourth-order valence-electron chi connectivity index (χ4n) is 2.07. The van der Waals surface area contributed by atoms with Gasteiger partial charge in [-0.3, -0.25) is 4.98 Å². The zero-order chi connectivity index (χ0) is 13.4. The fraction of sp³-hybridized carbons (Fsp3) is 0.143. The van der Waals surface area contributed by atoms with Crippen LogP contribution < -0.4 is 10.5 Å². The van der Waals surface area contributed by atoms with Gasteiger partial charge in [-0.05, 0) is 18.2 Å². The van der Waals surface area contributed by atoms with Crippen LogP contribution >= 0.6 is 24.8 Å². The second kappa shape index (κ2) is 6.65. The zero-order valence-corrected chi connectivity index (χ0v) is 13.2. The fourth-order valence-corrected chi connectivity index (χ4v) is 2.07. The van der Waals surface area contributed by atoms with Gasteiger partial charge in [-0.1, -0.05) is 6.07 Å². The highest BCUT2D eigenvalue weighted by molar-refractivity contribution is 5.85. The summed E-state index contributed by atoms with van der Waals surface area (Å²) >= 11 is 0. The van der Waals surface area contributed by atoms with Crippen molar-refractivity contribution in [3.63, 3.8) is 0 Å². The third kappa shape index (κ3) is 3.04. The summed E-state index contributed by atoms with van der Waals surface area (Å²) in [5.41, 5.74) is 9.51. The van der Waals surface area contributed by atoms with Crippen LogP contribution in [0.25, 0.3) is 22.3 Å². The van der Waals surface area contributed by atoms with Gasteiger partial charge >= 0.3 is 0 Å². The first-order valence-corrected chi connectivity index (χ1v) is 5.91. The number of benzene rings is 1. The van der Waals surface area contributed by atoms with Crippen molar-refractivity contribution in [1.29, 1.82) is 0 Å². The number of ether oxygens (including phenoxy) is 1. The molecule has 7 heteroatoms. The molecular formula is C14H16Cl2N4O. The van der Waals surface area contributed by atoms with Crippen LogP contribution in [-0.4, -0.2) is 21.6 Å². The van der Waals surface area contributed by atoms with E-state index in [-0.39, 0.29) is 24.8 Å². The summed E-state index contributed by atoms with van der Waals surface area (Å²) in [6.45, 7) is 0. The lowest BCUT2D eigenvalue weighted by atomic mass is 10.1. The van der Waals surface area contributed by atoms with Gasteiger partial charge in [-0.25, -0.2) is 4.98 Å². The molecule has 0 atom stereocenters. The van der Waals surface area contributed by atoms with Gasteiger partial charge in [-0.15, -0.1) is 24.8 Å². The number of aryl methyl sites for hydroxylation is 1.